The Morgan fingerprint density at radius 3 is 2.64 bits per heavy atom. The fourth-order valence-electron chi connectivity index (χ4n) is 1.75. The third-order valence-corrected chi connectivity index (χ3v) is 5.31. The molecular weight excluding hydrogens is 351 g/mol. The highest BCUT2D eigenvalue weighted by Gasteiger charge is 2.42. The Morgan fingerprint density at radius 2 is 2.14 bits per heavy atom. The lowest BCUT2D eigenvalue weighted by molar-refractivity contribution is -0.119. The number of aromatic nitrogens is 1. The van der Waals surface area contributed by atoms with E-state index in [0.717, 1.165) is 0 Å². The Hall–Kier alpha value is -1.29. The second-order valence-corrected chi connectivity index (χ2v) is 7.40. The number of hydrogen-bond donors (Lipinski definition) is 4. The summed E-state index contributed by atoms with van der Waals surface area (Å²) in [4.78, 5) is 34.1. The Labute approximate surface area is 134 Å². The minimum absolute atomic E-state index is 0.0658. The van der Waals surface area contributed by atoms with Crippen LogP contribution in [0.3, 0.4) is 0 Å². The van der Waals surface area contributed by atoms with Gasteiger partial charge >= 0.3 is 7.75 Å². The van der Waals surface area contributed by atoms with E-state index < -0.39 is 20.3 Å². The summed E-state index contributed by atoms with van der Waals surface area (Å²) in [6.07, 6.45) is 2.56. The fourth-order valence-corrected chi connectivity index (χ4v) is 4.21. The molecule has 0 spiro atoms. The van der Waals surface area contributed by atoms with Crippen LogP contribution in [0.2, 0.25) is 0 Å². The van der Waals surface area contributed by atoms with Gasteiger partial charge in [-0.3, -0.25) is 9.78 Å². The molecule has 0 aromatic carbocycles. The Bertz CT molecular complexity index is 744. The molecular formula is C11H11N2O6PS2. The second-order valence-electron chi connectivity index (χ2n) is 4.30. The fraction of sp³-hybridized carbons (Fsp3) is 0.182. The molecule has 0 aliphatic carbocycles. The zero-order valence-corrected chi connectivity index (χ0v) is 13.7. The van der Waals surface area contributed by atoms with Gasteiger partial charge in [0.15, 0.2) is 4.32 Å². The quantitative estimate of drug-likeness (QED) is 0.351. The normalized spacial score (nSPS) is 17.6. The molecule has 1 saturated heterocycles. The molecule has 22 heavy (non-hydrogen) atoms. The van der Waals surface area contributed by atoms with Gasteiger partial charge in [0.05, 0.1) is 17.2 Å². The zero-order chi connectivity index (χ0) is 16.7. The number of carbonyl (C=O) groups excluding carboxylic acids is 1. The van der Waals surface area contributed by atoms with E-state index in [0.29, 0.717) is 11.8 Å². The van der Waals surface area contributed by atoms with Crippen molar-refractivity contribution < 1.29 is 29.4 Å². The Kier molecular flexibility index (Phi) is 4.71. The molecule has 8 nitrogen and oxygen atoms in total. The molecule has 1 aromatic rings. The van der Waals surface area contributed by atoms with Gasteiger partial charge in [0.25, 0.3) is 5.91 Å². The summed E-state index contributed by atoms with van der Waals surface area (Å²) in [6, 6.07) is 0. The van der Waals surface area contributed by atoms with Gasteiger partial charge < -0.3 is 20.0 Å². The van der Waals surface area contributed by atoms with E-state index in [-0.39, 0.29) is 36.5 Å². The van der Waals surface area contributed by atoms with Crippen molar-refractivity contribution in [1.29, 1.82) is 0 Å². The smallest absolute Gasteiger partial charge is 0.438 e. The largest absolute Gasteiger partial charge is 0.505 e. The number of amides is 1. The van der Waals surface area contributed by atoms with Crippen LogP contribution in [0, 0.1) is 6.92 Å². The predicted molar refractivity (Wildman–Crippen MR) is 83.6 cm³/mol. The van der Waals surface area contributed by atoms with E-state index in [1.54, 1.807) is 0 Å². The van der Waals surface area contributed by atoms with Crippen molar-refractivity contribution in [2.24, 2.45) is 0 Å². The number of aromatic hydroxyl groups is 1. The zero-order valence-electron chi connectivity index (χ0n) is 11.1. The molecule has 0 bridgehead atoms. The monoisotopic (exact) mass is 362 g/mol. The molecule has 0 atom stereocenters. The molecule has 1 fully saturated rings. The number of rotatable bonds is 3. The van der Waals surface area contributed by atoms with Crippen molar-refractivity contribution in [3.05, 3.63) is 27.9 Å². The number of nitrogens with zero attached hydrogens (tertiary/aromatic N) is 2. The molecule has 1 aromatic heterocycles. The number of carbonyl (C=O) groups is 1. The van der Waals surface area contributed by atoms with Crippen LogP contribution in [-0.4, -0.2) is 39.9 Å². The Balaban J connectivity index is 2.53. The average molecular weight is 362 g/mol. The molecule has 118 valence electrons. The second kappa shape index (κ2) is 6.07. The first-order chi connectivity index (χ1) is 10.2. The molecule has 2 rings (SSSR count). The van der Waals surface area contributed by atoms with Crippen LogP contribution in [-0.2, 0) is 16.0 Å². The number of thioether (sulfide) groups is 1. The van der Waals surface area contributed by atoms with Crippen molar-refractivity contribution in [3.63, 3.8) is 0 Å². The molecule has 0 unspecified atom stereocenters. The van der Waals surface area contributed by atoms with E-state index in [4.69, 9.17) is 22.0 Å². The van der Waals surface area contributed by atoms with Crippen molar-refractivity contribution in [1.82, 2.24) is 9.65 Å². The van der Waals surface area contributed by atoms with Crippen molar-refractivity contribution in [3.8, 4) is 5.75 Å². The van der Waals surface area contributed by atoms with E-state index in [1.165, 1.54) is 19.2 Å². The van der Waals surface area contributed by atoms with Crippen LogP contribution < -0.4 is 0 Å². The molecule has 1 aliphatic heterocycles. The molecule has 1 aliphatic rings. The number of hydrogen-bond acceptors (Lipinski definition) is 7. The van der Waals surface area contributed by atoms with E-state index in [2.05, 4.69) is 4.98 Å². The van der Waals surface area contributed by atoms with E-state index in [9.17, 15) is 19.6 Å². The highest BCUT2D eigenvalue weighted by Crippen LogP contribution is 2.49. The van der Waals surface area contributed by atoms with Crippen molar-refractivity contribution in [2.75, 3.05) is 0 Å². The van der Waals surface area contributed by atoms with Crippen LogP contribution in [0.5, 0.6) is 5.75 Å². The van der Waals surface area contributed by atoms with Gasteiger partial charge in [-0.05, 0) is 13.0 Å². The highest BCUT2D eigenvalue weighted by molar-refractivity contribution is 8.27. The topological polar surface area (TPSA) is 131 Å². The molecule has 2 heterocycles. The van der Waals surface area contributed by atoms with E-state index >= 15 is 0 Å². The number of thiocarbonyl (C=S) groups is 1. The molecule has 11 heteroatoms. The number of aliphatic hydroxyl groups is 1. The van der Waals surface area contributed by atoms with Gasteiger partial charge in [-0.1, -0.05) is 24.0 Å². The maximum Gasteiger partial charge on any atom is 0.438 e. The van der Waals surface area contributed by atoms with Crippen molar-refractivity contribution >= 4 is 48.0 Å². The van der Waals surface area contributed by atoms with Gasteiger partial charge in [0, 0.05) is 17.3 Å². The lowest BCUT2D eigenvalue weighted by Gasteiger charge is -2.14. The summed E-state index contributed by atoms with van der Waals surface area (Å²) < 4.78 is 11.2. The van der Waals surface area contributed by atoms with Gasteiger partial charge in [-0.2, -0.15) is 4.67 Å². The summed E-state index contributed by atoms with van der Waals surface area (Å²) in [5.74, 6) is -1.19. The van der Waals surface area contributed by atoms with Crippen LogP contribution in [0.25, 0.3) is 6.08 Å². The maximum atomic E-state index is 12.1. The molecule has 1 amide bonds. The SMILES string of the molecule is Cc1ncc(CO)c(C=C2SC(=S)N(P(=O)(O)O)C2=O)c1O. The first kappa shape index (κ1) is 17.1. The summed E-state index contributed by atoms with van der Waals surface area (Å²) in [7, 11) is -4.85. The van der Waals surface area contributed by atoms with Crippen LogP contribution >= 0.6 is 31.7 Å². The molecule has 0 saturated carbocycles. The lowest BCUT2D eigenvalue weighted by atomic mass is 10.1. The first-order valence-corrected chi connectivity index (χ1v) is 8.58. The third kappa shape index (κ3) is 3.07. The number of pyridine rings is 1. The van der Waals surface area contributed by atoms with Gasteiger partial charge in [-0.25, -0.2) is 4.57 Å². The predicted octanol–water partition coefficient (Wildman–Crippen LogP) is 0.882. The maximum absolute atomic E-state index is 12.1. The van der Waals surface area contributed by atoms with Crippen LogP contribution in [0.1, 0.15) is 16.8 Å². The summed E-state index contributed by atoms with van der Waals surface area (Å²) >= 11 is 5.49. The lowest BCUT2D eigenvalue weighted by Crippen LogP contribution is -2.24. The minimum atomic E-state index is -4.85. The van der Waals surface area contributed by atoms with Crippen LogP contribution in [0.15, 0.2) is 11.1 Å². The van der Waals surface area contributed by atoms with E-state index in [1.807, 2.05) is 0 Å². The van der Waals surface area contributed by atoms with Gasteiger partial charge in [0.1, 0.15) is 5.75 Å². The summed E-state index contributed by atoms with van der Waals surface area (Å²) in [5, 5.41) is 19.3. The van der Waals surface area contributed by atoms with Crippen molar-refractivity contribution in [2.45, 2.75) is 13.5 Å². The first-order valence-electron chi connectivity index (χ1n) is 5.79. The molecule has 0 radical (unpaired) electrons. The minimum Gasteiger partial charge on any atom is -0.505 e. The Morgan fingerprint density at radius 1 is 1.50 bits per heavy atom. The van der Waals surface area contributed by atoms with Crippen LogP contribution in [0.4, 0.5) is 0 Å². The summed E-state index contributed by atoms with van der Waals surface area (Å²) in [5.41, 5.74) is 0.708. The van der Waals surface area contributed by atoms with Gasteiger partial charge in [0.2, 0.25) is 0 Å². The number of aliphatic hydroxyl groups excluding tert-OH is 1. The molecule has 4 N–H and O–H groups in total. The summed E-state index contributed by atoms with van der Waals surface area (Å²) in [6.45, 7) is 1.11. The highest BCUT2D eigenvalue weighted by atomic mass is 32.2. The number of aryl methyl sites for hydroxylation is 1. The van der Waals surface area contributed by atoms with Gasteiger partial charge in [-0.15, -0.1) is 0 Å². The average Bonchev–Trinajstić information content (AvgIpc) is 2.69. The standard InChI is InChI=1S/C11H11N2O6PS2/c1-5-9(15)7(6(4-14)3-12-5)2-8-10(16)13(11(21)22-8)20(17,18)19/h2-3,14-15H,4H2,1H3,(H2,17,18,19). The third-order valence-electron chi connectivity index (χ3n) is 2.84.